The van der Waals surface area contributed by atoms with Crippen LogP contribution in [0, 0.1) is 0 Å². The highest BCUT2D eigenvalue weighted by Gasteiger charge is 2.41. The van der Waals surface area contributed by atoms with Gasteiger partial charge in [0.25, 0.3) is 0 Å². The number of pyridine rings is 1. The van der Waals surface area contributed by atoms with E-state index in [4.69, 9.17) is 4.74 Å². The molecule has 5 nitrogen and oxygen atoms in total. The number of likely N-dealkylation sites (tertiary alicyclic amines) is 1. The molecule has 2 aromatic rings. The number of aromatic nitrogens is 1. The number of aryl methyl sites for hydroxylation is 1. The van der Waals surface area contributed by atoms with Crippen molar-refractivity contribution in [1.29, 1.82) is 0 Å². The van der Waals surface area contributed by atoms with E-state index in [1.807, 2.05) is 6.07 Å². The van der Waals surface area contributed by atoms with Gasteiger partial charge in [0.15, 0.2) is 9.84 Å². The molecule has 30 heavy (non-hydrogen) atoms. The zero-order valence-corrected chi connectivity index (χ0v) is 19.3. The van der Waals surface area contributed by atoms with Crippen LogP contribution >= 0.6 is 0 Å². The van der Waals surface area contributed by atoms with E-state index in [9.17, 15) is 8.42 Å². The first-order valence-corrected chi connectivity index (χ1v) is 12.8. The van der Waals surface area contributed by atoms with E-state index in [0.29, 0.717) is 5.69 Å². The molecule has 0 radical (unpaired) electrons. The predicted octanol–water partition coefficient (Wildman–Crippen LogP) is 4.25. The van der Waals surface area contributed by atoms with E-state index in [0.717, 1.165) is 55.6 Å². The maximum Gasteiger partial charge on any atom is 0.153 e. The quantitative estimate of drug-likeness (QED) is 0.731. The van der Waals surface area contributed by atoms with Gasteiger partial charge in [0.1, 0.15) is 11.4 Å². The summed E-state index contributed by atoms with van der Waals surface area (Å²) >= 11 is 0. The third-order valence-corrected chi connectivity index (χ3v) is 7.25. The molecule has 6 heteroatoms. The number of hydrogen-bond donors (Lipinski definition) is 0. The first kappa shape index (κ1) is 21.3. The molecule has 1 saturated heterocycles. The maximum absolute atomic E-state index is 11.5. The van der Waals surface area contributed by atoms with Crippen LogP contribution in [0.5, 0.6) is 5.75 Å². The molecule has 1 aromatic carbocycles. The number of hydrogen-bond acceptors (Lipinski definition) is 5. The fourth-order valence-corrected chi connectivity index (χ4v) is 5.30. The van der Waals surface area contributed by atoms with Crippen molar-refractivity contribution in [2.45, 2.75) is 63.3 Å². The fraction of sp³-hybridized carbons (Fsp3) is 0.542. The second-order valence-electron chi connectivity index (χ2n) is 9.87. The Morgan fingerprint density at radius 1 is 1.07 bits per heavy atom. The molecule has 0 aliphatic carbocycles. The van der Waals surface area contributed by atoms with Crippen LogP contribution in [-0.4, -0.2) is 48.8 Å². The third kappa shape index (κ3) is 4.70. The number of sulfone groups is 1. The lowest BCUT2D eigenvalue weighted by Crippen LogP contribution is -2.54. The average molecular weight is 429 g/mol. The summed E-state index contributed by atoms with van der Waals surface area (Å²) in [5.41, 5.74) is 4.10. The molecule has 1 spiro atoms. The monoisotopic (exact) mass is 428 g/mol. The topological polar surface area (TPSA) is 59.5 Å². The molecule has 3 heterocycles. The first-order chi connectivity index (χ1) is 14.0. The Balaban J connectivity index is 1.47. The number of fused-ring (bicyclic) bond motifs is 1. The van der Waals surface area contributed by atoms with Gasteiger partial charge in [-0.15, -0.1) is 0 Å². The van der Waals surface area contributed by atoms with Gasteiger partial charge >= 0.3 is 0 Å². The van der Waals surface area contributed by atoms with Gasteiger partial charge in [0, 0.05) is 36.6 Å². The smallest absolute Gasteiger partial charge is 0.153 e. The van der Waals surface area contributed by atoms with Gasteiger partial charge in [-0.3, -0.25) is 9.88 Å². The van der Waals surface area contributed by atoms with Gasteiger partial charge in [-0.2, -0.15) is 0 Å². The number of piperidine rings is 1. The highest BCUT2D eigenvalue weighted by atomic mass is 32.2. The largest absolute Gasteiger partial charge is 0.487 e. The molecule has 0 unspecified atom stereocenters. The Morgan fingerprint density at radius 3 is 2.37 bits per heavy atom. The zero-order valence-electron chi connectivity index (χ0n) is 18.4. The Kier molecular flexibility index (Phi) is 5.43. The summed E-state index contributed by atoms with van der Waals surface area (Å²) in [6.45, 7) is 9.02. The van der Waals surface area contributed by atoms with E-state index >= 15 is 0 Å². The molecule has 2 aliphatic heterocycles. The van der Waals surface area contributed by atoms with Gasteiger partial charge in [-0.1, -0.05) is 12.1 Å². The molecule has 1 aromatic heterocycles. The Hall–Kier alpha value is -1.92. The molecule has 0 N–H and O–H groups in total. The van der Waals surface area contributed by atoms with Gasteiger partial charge in [-0.05, 0) is 75.8 Å². The van der Waals surface area contributed by atoms with Crippen molar-refractivity contribution in [3.63, 3.8) is 0 Å². The molecular formula is C24H32N2O3S. The van der Waals surface area contributed by atoms with Gasteiger partial charge in [0.2, 0.25) is 0 Å². The van der Waals surface area contributed by atoms with Crippen LogP contribution in [0.1, 0.15) is 51.3 Å². The molecule has 1 fully saturated rings. The zero-order chi connectivity index (χ0) is 21.6. The fourth-order valence-electron chi connectivity index (χ4n) is 4.59. The number of ether oxygens (including phenoxy) is 1. The minimum atomic E-state index is -3.07. The second-order valence-corrected chi connectivity index (χ2v) is 12.0. The second kappa shape index (κ2) is 7.65. The minimum absolute atomic E-state index is 0.0227. The summed E-state index contributed by atoms with van der Waals surface area (Å²) < 4.78 is 29.5. The highest BCUT2D eigenvalue weighted by Crippen LogP contribution is 2.41. The van der Waals surface area contributed by atoms with Crippen LogP contribution in [0.25, 0.3) is 11.1 Å². The van der Waals surface area contributed by atoms with Crippen LogP contribution in [0.15, 0.2) is 36.5 Å². The van der Waals surface area contributed by atoms with Crippen molar-refractivity contribution in [2.75, 3.05) is 19.3 Å². The lowest BCUT2D eigenvalue weighted by molar-refractivity contribution is -0.0355. The summed E-state index contributed by atoms with van der Waals surface area (Å²) in [5.74, 6) is 0.982. The van der Waals surface area contributed by atoms with Crippen molar-refractivity contribution < 1.29 is 13.2 Å². The van der Waals surface area contributed by atoms with Crippen molar-refractivity contribution in [3.8, 4) is 16.9 Å². The van der Waals surface area contributed by atoms with E-state index in [2.05, 4.69) is 48.9 Å². The Morgan fingerprint density at radius 2 is 1.77 bits per heavy atom. The SMILES string of the molecule is CC(C)(C)N1CCC2(CCc3cc(-c4ccc(CS(C)(=O)=O)nc4)ccc3O2)CC1. The standard InChI is InChI=1S/C24H32N2O3S/c1-23(2,3)26-13-11-24(12-14-26)10-9-19-15-18(6-8-22(19)29-24)20-5-7-21(25-16-20)17-30(4,27)28/h5-8,15-16H,9-14,17H2,1-4H3. The van der Waals surface area contributed by atoms with E-state index in [1.54, 1.807) is 12.3 Å². The summed E-state index contributed by atoms with van der Waals surface area (Å²) in [6.07, 6.45) is 7.24. The van der Waals surface area contributed by atoms with Crippen LogP contribution < -0.4 is 4.74 Å². The van der Waals surface area contributed by atoms with Crippen molar-refractivity contribution in [2.24, 2.45) is 0 Å². The van der Waals surface area contributed by atoms with E-state index < -0.39 is 9.84 Å². The van der Waals surface area contributed by atoms with Crippen LogP contribution in [0.3, 0.4) is 0 Å². The van der Waals surface area contributed by atoms with Gasteiger partial charge in [0.05, 0.1) is 11.4 Å². The third-order valence-electron chi connectivity index (χ3n) is 6.43. The molecule has 2 aliphatic rings. The lowest BCUT2D eigenvalue weighted by Gasteiger charge is -2.48. The number of nitrogens with zero attached hydrogens (tertiary/aromatic N) is 2. The summed E-state index contributed by atoms with van der Waals surface area (Å²) in [5, 5.41) is 0. The molecule has 162 valence electrons. The van der Waals surface area contributed by atoms with Crippen molar-refractivity contribution in [3.05, 3.63) is 47.8 Å². The molecular weight excluding hydrogens is 396 g/mol. The molecule has 0 amide bonds. The van der Waals surface area contributed by atoms with Crippen LogP contribution in [0.4, 0.5) is 0 Å². The Labute approximate surface area is 180 Å². The van der Waals surface area contributed by atoms with E-state index in [1.165, 1.54) is 11.8 Å². The van der Waals surface area contributed by atoms with Crippen LogP contribution in [-0.2, 0) is 22.0 Å². The summed E-state index contributed by atoms with van der Waals surface area (Å²) in [6, 6.07) is 10.1. The predicted molar refractivity (Wildman–Crippen MR) is 120 cm³/mol. The van der Waals surface area contributed by atoms with Crippen molar-refractivity contribution in [1.82, 2.24) is 9.88 Å². The van der Waals surface area contributed by atoms with E-state index in [-0.39, 0.29) is 16.9 Å². The molecule has 0 atom stereocenters. The number of benzene rings is 1. The maximum atomic E-state index is 11.5. The first-order valence-electron chi connectivity index (χ1n) is 10.7. The molecule has 0 bridgehead atoms. The summed E-state index contributed by atoms with van der Waals surface area (Å²) in [4.78, 5) is 6.89. The van der Waals surface area contributed by atoms with Crippen molar-refractivity contribution >= 4 is 9.84 Å². The van der Waals surface area contributed by atoms with Crippen LogP contribution in [0.2, 0.25) is 0 Å². The van der Waals surface area contributed by atoms with Gasteiger partial charge in [-0.25, -0.2) is 8.42 Å². The highest BCUT2D eigenvalue weighted by molar-refractivity contribution is 7.89. The Bertz CT molecular complexity index is 1020. The lowest BCUT2D eigenvalue weighted by atomic mass is 9.81. The minimum Gasteiger partial charge on any atom is -0.487 e. The van der Waals surface area contributed by atoms with Gasteiger partial charge < -0.3 is 4.74 Å². The normalized spacial score (nSPS) is 19.3. The molecule has 4 rings (SSSR count). The number of rotatable bonds is 3. The molecule has 0 saturated carbocycles. The summed E-state index contributed by atoms with van der Waals surface area (Å²) in [7, 11) is -3.07. The average Bonchev–Trinajstić information content (AvgIpc) is 2.67.